The second-order valence-corrected chi connectivity index (χ2v) is 5.29. The largest absolute Gasteiger partial charge is 0.478 e. The number of aromatic nitrogens is 2. The van der Waals surface area contributed by atoms with Gasteiger partial charge in [0, 0.05) is 5.69 Å². The van der Waals surface area contributed by atoms with Crippen LogP contribution in [0, 0.1) is 19.7 Å². The molecule has 1 aromatic heterocycles. The maximum absolute atomic E-state index is 12.8. The molecule has 8 heteroatoms. The van der Waals surface area contributed by atoms with Gasteiger partial charge < -0.3 is 15.2 Å². The molecule has 1 unspecified atom stereocenters. The smallest absolute Gasteiger partial charge is 0.346 e. The van der Waals surface area contributed by atoms with Crippen LogP contribution in [-0.2, 0) is 16.1 Å². The lowest BCUT2D eigenvalue weighted by Gasteiger charge is -2.16. The fourth-order valence-corrected chi connectivity index (χ4v) is 2.09. The molecule has 128 valence electrons. The average molecular weight is 335 g/mol. The van der Waals surface area contributed by atoms with Crippen molar-refractivity contribution in [2.45, 2.75) is 26.5 Å². The summed E-state index contributed by atoms with van der Waals surface area (Å²) in [6.07, 6.45) is -1.28. The van der Waals surface area contributed by atoms with Crippen molar-refractivity contribution in [1.29, 1.82) is 0 Å². The number of carbonyl (C=O) groups excluding carboxylic acids is 1. The van der Waals surface area contributed by atoms with Crippen LogP contribution in [0.15, 0.2) is 30.3 Å². The second-order valence-electron chi connectivity index (χ2n) is 5.29. The molecule has 0 aliphatic carbocycles. The van der Waals surface area contributed by atoms with E-state index in [1.807, 2.05) is 19.9 Å². The van der Waals surface area contributed by atoms with Crippen LogP contribution < -0.4 is 10.1 Å². The first-order valence-electron chi connectivity index (χ1n) is 7.28. The van der Waals surface area contributed by atoms with Crippen LogP contribution >= 0.6 is 0 Å². The van der Waals surface area contributed by atoms with Gasteiger partial charge in [0.25, 0.3) is 0 Å². The first-order valence-corrected chi connectivity index (χ1v) is 7.28. The minimum Gasteiger partial charge on any atom is -0.478 e. The number of nitrogens with zero attached hydrogens (tertiary/aromatic N) is 2. The van der Waals surface area contributed by atoms with Gasteiger partial charge in [0.1, 0.15) is 18.1 Å². The van der Waals surface area contributed by atoms with Crippen LogP contribution in [0.5, 0.6) is 5.75 Å². The Morgan fingerprint density at radius 3 is 2.54 bits per heavy atom. The predicted molar refractivity (Wildman–Crippen MR) is 83.2 cm³/mol. The van der Waals surface area contributed by atoms with E-state index in [0.29, 0.717) is 0 Å². The number of aliphatic carboxylic acids is 1. The Morgan fingerprint density at radius 2 is 2.00 bits per heavy atom. The molecule has 2 rings (SSSR count). The van der Waals surface area contributed by atoms with Crippen molar-refractivity contribution < 1.29 is 23.8 Å². The van der Waals surface area contributed by atoms with E-state index < -0.39 is 17.9 Å². The number of halogens is 1. The number of hydrogen-bond donors (Lipinski definition) is 2. The summed E-state index contributed by atoms with van der Waals surface area (Å²) >= 11 is 0. The van der Waals surface area contributed by atoms with Crippen molar-refractivity contribution in [2.24, 2.45) is 0 Å². The minimum absolute atomic E-state index is 0.0113. The number of hydrogen-bond acceptors (Lipinski definition) is 4. The SMILES string of the molecule is Cc1cc(C)n(CC(=O)NCC(Oc2ccc(F)cc2)C(=O)O)n1. The molecular formula is C16H18FN3O4. The number of amides is 1. The standard InChI is InChI=1S/C16H18FN3O4/c1-10-7-11(2)20(19-10)9-15(21)18-8-14(16(22)23)24-13-5-3-12(17)4-6-13/h3-7,14H,8-9H2,1-2H3,(H,18,21)(H,22,23). The number of carboxylic acid groups (broad SMARTS) is 1. The molecular weight excluding hydrogens is 317 g/mol. The Hall–Kier alpha value is -2.90. The van der Waals surface area contributed by atoms with E-state index in [2.05, 4.69) is 10.4 Å². The molecule has 7 nitrogen and oxygen atoms in total. The van der Waals surface area contributed by atoms with E-state index in [4.69, 9.17) is 4.74 Å². The van der Waals surface area contributed by atoms with Gasteiger partial charge in [0.2, 0.25) is 12.0 Å². The Bertz CT molecular complexity index is 727. The molecule has 1 amide bonds. The highest BCUT2D eigenvalue weighted by atomic mass is 19.1. The topological polar surface area (TPSA) is 93.5 Å². The van der Waals surface area contributed by atoms with Crippen molar-refractivity contribution in [1.82, 2.24) is 15.1 Å². The third-order valence-corrected chi connectivity index (χ3v) is 3.25. The fourth-order valence-electron chi connectivity index (χ4n) is 2.09. The van der Waals surface area contributed by atoms with Crippen LogP contribution in [0.3, 0.4) is 0 Å². The highest BCUT2D eigenvalue weighted by molar-refractivity contribution is 5.78. The van der Waals surface area contributed by atoms with E-state index in [1.165, 1.54) is 16.8 Å². The van der Waals surface area contributed by atoms with E-state index in [1.54, 1.807) is 0 Å². The summed E-state index contributed by atoms with van der Waals surface area (Å²) < 4.78 is 19.6. The van der Waals surface area contributed by atoms with Gasteiger partial charge in [-0.05, 0) is 44.2 Å². The first kappa shape index (κ1) is 17.5. The number of ether oxygens (including phenoxy) is 1. The predicted octanol–water partition coefficient (Wildman–Crippen LogP) is 1.29. The van der Waals surface area contributed by atoms with Crippen LogP contribution in [0.25, 0.3) is 0 Å². The molecule has 0 aliphatic heterocycles. The third-order valence-electron chi connectivity index (χ3n) is 3.25. The minimum atomic E-state index is -1.28. The summed E-state index contributed by atoms with van der Waals surface area (Å²) in [5.41, 5.74) is 1.63. The number of carboxylic acids is 1. The molecule has 0 bridgehead atoms. The van der Waals surface area contributed by atoms with Crippen molar-refractivity contribution in [3.63, 3.8) is 0 Å². The van der Waals surface area contributed by atoms with Gasteiger partial charge in [-0.15, -0.1) is 0 Å². The van der Waals surface area contributed by atoms with Gasteiger partial charge in [-0.1, -0.05) is 0 Å². The normalized spacial score (nSPS) is 11.8. The quantitative estimate of drug-likeness (QED) is 0.795. The molecule has 24 heavy (non-hydrogen) atoms. The first-order chi connectivity index (χ1) is 11.3. The zero-order chi connectivity index (χ0) is 17.7. The van der Waals surface area contributed by atoms with Gasteiger partial charge in [-0.25, -0.2) is 9.18 Å². The highest BCUT2D eigenvalue weighted by Crippen LogP contribution is 2.13. The fraction of sp³-hybridized carbons (Fsp3) is 0.312. The zero-order valence-electron chi connectivity index (χ0n) is 13.3. The van der Waals surface area contributed by atoms with Crippen LogP contribution in [0.4, 0.5) is 4.39 Å². The van der Waals surface area contributed by atoms with Crippen molar-refractivity contribution in [3.8, 4) is 5.75 Å². The summed E-state index contributed by atoms with van der Waals surface area (Å²) in [6.45, 7) is 3.41. The van der Waals surface area contributed by atoms with Gasteiger partial charge in [-0.2, -0.15) is 5.10 Å². The van der Waals surface area contributed by atoms with Crippen LogP contribution in [0.2, 0.25) is 0 Å². The number of rotatable bonds is 7. The molecule has 2 aromatic rings. The summed E-state index contributed by atoms with van der Waals surface area (Å²) in [4.78, 5) is 23.2. The van der Waals surface area contributed by atoms with Gasteiger partial charge in [0.05, 0.1) is 12.2 Å². The van der Waals surface area contributed by atoms with E-state index in [-0.39, 0.29) is 24.7 Å². The third kappa shape index (κ3) is 4.80. The Balaban J connectivity index is 1.91. The Morgan fingerprint density at radius 1 is 1.33 bits per heavy atom. The molecule has 2 N–H and O–H groups in total. The molecule has 1 atom stereocenters. The number of nitrogens with one attached hydrogen (secondary N) is 1. The lowest BCUT2D eigenvalue weighted by Crippen LogP contribution is -2.41. The summed E-state index contributed by atoms with van der Waals surface area (Å²) in [6, 6.07) is 6.81. The van der Waals surface area contributed by atoms with E-state index in [0.717, 1.165) is 23.5 Å². The number of carbonyl (C=O) groups is 2. The second kappa shape index (κ2) is 7.58. The van der Waals surface area contributed by atoms with Crippen LogP contribution in [0.1, 0.15) is 11.4 Å². The average Bonchev–Trinajstić information content (AvgIpc) is 2.82. The summed E-state index contributed by atoms with van der Waals surface area (Å²) in [7, 11) is 0. The maximum Gasteiger partial charge on any atom is 0.346 e. The Kier molecular flexibility index (Phi) is 5.51. The highest BCUT2D eigenvalue weighted by Gasteiger charge is 2.20. The molecule has 0 saturated heterocycles. The Labute approximate surface area is 138 Å². The molecule has 0 saturated carbocycles. The van der Waals surface area contributed by atoms with Crippen LogP contribution in [-0.4, -0.2) is 39.4 Å². The molecule has 0 radical (unpaired) electrons. The van der Waals surface area contributed by atoms with E-state index in [9.17, 15) is 19.1 Å². The zero-order valence-corrected chi connectivity index (χ0v) is 13.3. The number of aryl methyl sites for hydroxylation is 2. The summed E-state index contributed by atoms with van der Waals surface area (Å²) in [5.74, 6) is -1.86. The van der Waals surface area contributed by atoms with Crippen molar-refractivity contribution in [2.75, 3.05) is 6.54 Å². The molecule has 0 aliphatic rings. The van der Waals surface area contributed by atoms with Gasteiger partial charge in [0.15, 0.2) is 0 Å². The maximum atomic E-state index is 12.8. The van der Waals surface area contributed by atoms with E-state index >= 15 is 0 Å². The molecule has 0 fully saturated rings. The summed E-state index contributed by atoms with van der Waals surface area (Å²) in [5, 5.41) is 15.8. The van der Waals surface area contributed by atoms with Crippen molar-refractivity contribution >= 4 is 11.9 Å². The molecule has 1 aromatic carbocycles. The van der Waals surface area contributed by atoms with Gasteiger partial charge >= 0.3 is 5.97 Å². The lowest BCUT2D eigenvalue weighted by atomic mass is 10.3. The lowest BCUT2D eigenvalue weighted by molar-refractivity contribution is -0.145. The number of benzene rings is 1. The molecule has 0 spiro atoms. The monoisotopic (exact) mass is 335 g/mol. The molecule has 1 heterocycles. The van der Waals surface area contributed by atoms with Crippen molar-refractivity contribution in [3.05, 3.63) is 47.5 Å². The van der Waals surface area contributed by atoms with Gasteiger partial charge in [-0.3, -0.25) is 9.48 Å².